The van der Waals surface area contributed by atoms with Gasteiger partial charge in [-0.05, 0) is 59.0 Å². The van der Waals surface area contributed by atoms with Gasteiger partial charge in [-0.1, -0.05) is 127 Å². The first-order valence-electron chi connectivity index (χ1n) is 15.3. The molecule has 0 aromatic heterocycles. The molecule has 0 spiro atoms. The quantitative estimate of drug-likeness (QED) is 0.107. The van der Waals surface area contributed by atoms with Crippen LogP contribution in [0.5, 0.6) is 0 Å². The van der Waals surface area contributed by atoms with Gasteiger partial charge in [-0.25, -0.2) is 9.18 Å². The van der Waals surface area contributed by atoms with Crippen LogP contribution in [0.25, 0.3) is 11.1 Å². The molecule has 0 radical (unpaired) electrons. The fourth-order valence-corrected chi connectivity index (χ4v) is 6.48. The molecule has 0 saturated heterocycles. The van der Waals surface area contributed by atoms with E-state index < -0.39 is 11.9 Å². The lowest BCUT2D eigenvalue weighted by atomic mass is 10.0. The van der Waals surface area contributed by atoms with Crippen molar-refractivity contribution in [3.05, 3.63) is 92.1 Å². The van der Waals surface area contributed by atoms with Crippen molar-refractivity contribution in [1.29, 1.82) is 0 Å². The fourth-order valence-electron chi connectivity index (χ4n) is 5.04. The second-order valence-electron chi connectivity index (χ2n) is 11.0. The minimum Gasteiger partial charge on any atom is -0.474 e. The molecular weight excluding hydrogens is 691 g/mol. The first-order valence-corrected chi connectivity index (χ1v) is 16.9. The third-order valence-electron chi connectivity index (χ3n) is 7.52. The van der Waals surface area contributed by atoms with Crippen molar-refractivity contribution in [2.45, 2.75) is 84.2 Å². The van der Waals surface area contributed by atoms with Gasteiger partial charge in [-0.3, -0.25) is 9.59 Å². The molecule has 6 nitrogen and oxygen atoms in total. The molecule has 0 bridgehead atoms. The molecule has 2 N–H and O–H groups in total. The Morgan fingerprint density at radius 2 is 1.36 bits per heavy atom. The molecule has 9 heteroatoms. The molecular formula is C35H41Br2FN2O4. The molecule has 3 rings (SSSR count). The van der Waals surface area contributed by atoms with Gasteiger partial charge in [0.25, 0.3) is 5.91 Å². The average Bonchev–Trinajstić information content (AvgIpc) is 3.00. The van der Waals surface area contributed by atoms with E-state index in [-0.39, 0.29) is 24.8 Å². The number of nitrogens with one attached hydrogen (secondary N) is 1. The summed E-state index contributed by atoms with van der Waals surface area (Å²) in [6.45, 7) is 2.87. The number of carboxylic acid groups (broad SMARTS) is 1. The molecule has 0 aliphatic heterocycles. The molecule has 0 aliphatic carbocycles. The molecule has 2 amide bonds. The number of unbranched alkanes of at least 4 members (excludes halogenated alkanes) is 9. The summed E-state index contributed by atoms with van der Waals surface area (Å²) in [6, 6.07) is 16.8. The van der Waals surface area contributed by atoms with E-state index >= 15 is 0 Å². The van der Waals surface area contributed by atoms with Crippen molar-refractivity contribution >= 4 is 49.6 Å². The predicted octanol–water partition coefficient (Wildman–Crippen LogP) is 9.28. The van der Waals surface area contributed by atoms with E-state index in [0.717, 1.165) is 29.5 Å². The Balaban J connectivity index is 1.58. The molecule has 0 unspecified atom stereocenters. The van der Waals surface area contributed by atoms with Crippen LogP contribution >= 0.6 is 31.9 Å². The zero-order chi connectivity index (χ0) is 31.9. The Morgan fingerprint density at radius 3 is 1.95 bits per heavy atom. The summed E-state index contributed by atoms with van der Waals surface area (Å²) in [7, 11) is 0. The number of carboxylic acids is 1. The Kier molecular flexibility index (Phi) is 15.1. The van der Waals surface area contributed by atoms with Crippen molar-refractivity contribution in [3.63, 3.8) is 0 Å². The minimum absolute atomic E-state index is 0.00637. The van der Waals surface area contributed by atoms with Crippen molar-refractivity contribution in [2.75, 3.05) is 6.54 Å². The minimum atomic E-state index is -1.56. The predicted molar refractivity (Wildman–Crippen MR) is 180 cm³/mol. The third-order valence-corrected chi connectivity index (χ3v) is 8.93. The summed E-state index contributed by atoms with van der Waals surface area (Å²) in [5, 5.41) is 12.5. The van der Waals surface area contributed by atoms with E-state index in [0.29, 0.717) is 26.6 Å². The standard InChI is InChI=1S/C35H41Br2FN2O4/c1-2-3-4-5-6-7-8-9-10-11-19-39-33(41)28-21-31(36)30(32(37)22-28)24-40(34(42)35(43)44)23-25-13-12-14-27(20-25)26-15-17-29(38)18-16-26/h12-18,20-22H,2-11,19,23-24H2,1H3,(H,39,41)(H,43,44). The van der Waals surface area contributed by atoms with Crippen molar-refractivity contribution in [3.8, 4) is 11.1 Å². The van der Waals surface area contributed by atoms with Crippen molar-refractivity contribution in [2.24, 2.45) is 0 Å². The third kappa shape index (κ3) is 11.5. The van der Waals surface area contributed by atoms with Crippen LogP contribution in [0.1, 0.15) is 92.6 Å². The highest BCUT2D eigenvalue weighted by molar-refractivity contribution is 9.11. The molecule has 0 atom stereocenters. The highest BCUT2D eigenvalue weighted by Gasteiger charge is 2.24. The first-order chi connectivity index (χ1) is 21.2. The lowest BCUT2D eigenvalue weighted by Crippen LogP contribution is -2.35. The summed E-state index contributed by atoms with van der Waals surface area (Å²) in [4.78, 5) is 38.5. The van der Waals surface area contributed by atoms with E-state index in [9.17, 15) is 23.9 Å². The van der Waals surface area contributed by atoms with E-state index in [2.05, 4.69) is 44.1 Å². The van der Waals surface area contributed by atoms with E-state index in [1.165, 1.54) is 68.4 Å². The van der Waals surface area contributed by atoms with Crippen LogP contribution in [0.2, 0.25) is 0 Å². The van der Waals surface area contributed by atoms with Crippen LogP contribution in [-0.2, 0) is 22.7 Å². The maximum Gasteiger partial charge on any atom is 0.394 e. The van der Waals surface area contributed by atoms with E-state index in [1.807, 2.05) is 18.2 Å². The average molecular weight is 733 g/mol. The number of nitrogens with zero attached hydrogens (tertiary/aromatic N) is 1. The highest BCUT2D eigenvalue weighted by Crippen LogP contribution is 2.30. The normalized spacial score (nSPS) is 10.9. The number of hydrogen-bond donors (Lipinski definition) is 2. The molecule has 0 aliphatic rings. The number of halogens is 3. The Bertz CT molecular complexity index is 1370. The van der Waals surface area contributed by atoms with Gasteiger partial charge in [0, 0.05) is 34.1 Å². The summed E-state index contributed by atoms with van der Waals surface area (Å²) in [6.07, 6.45) is 12.3. The Labute approximate surface area is 276 Å². The van der Waals surface area contributed by atoms with Gasteiger partial charge in [0.1, 0.15) is 5.82 Å². The van der Waals surface area contributed by atoms with Gasteiger partial charge in [-0.2, -0.15) is 0 Å². The lowest BCUT2D eigenvalue weighted by Gasteiger charge is -2.23. The van der Waals surface area contributed by atoms with Gasteiger partial charge in [0.2, 0.25) is 0 Å². The van der Waals surface area contributed by atoms with Crippen molar-refractivity contribution in [1.82, 2.24) is 10.2 Å². The van der Waals surface area contributed by atoms with Crippen LogP contribution < -0.4 is 5.32 Å². The van der Waals surface area contributed by atoms with Gasteiger partial charge in [-0.15, -0.1) is 0 Å². The van der Waals surface area contributed by atoms with Gasteiger partial charge in [0.05, 0.1) is 0 Å². The fraction of sp³-hybridized carbons (Fsp3) is 0.400. The zero-order valence-corrected chi connectivity index (χ0v) is 28.4. The maximum atomic E-state index is 13.4. The maximum absolute atomic E-state index is 13.4. The number of carbonyl (C=O) groups is 3. The number of benzene rings is 3. The molecule has 0 heterocycles. The van der Waals surface area contributed by atoms with Crippen LogP contribution in [0, 0.1) is 5.82 Å². The first kappa shape index (κ1) is 35.4. The SMILES string of the molecule is CCCCCCCCCCCCNC(=O)c1cc(Br)c(CN(Cc2cccc(-c3ccc(F)cc3)c2)C(=O)C(=O)O)c(Br)c1. The van der Waals surface area contributed by atoms with Gasteiger partial charge in [0.15, 0.2) is 0 Å². The second-order valence-corrected chi connectivity index (χ2v) is 12.7. The van der Waals surface area contributed by atoms with Crippen LogP contribution in [0.15, 0.2) is 69.6 Å². The molecule has 3 aromatic rings. The molecule has 44 heavy (non-hydrogen) atoms. The number of hydrogen-bond acceptors (Lipinski definition) is 3. The molecule has 0 saturated carbocycles. The van der Waals surface area contributed by atoms with E-state index in [4.69, 9.17) is 0 Å². The number of carbonyl (C=O) groups excluding carboxylic acids is 2. The summed E-state index contributed by atoms with van der Waals surface area (Å²) in [5.74, 6) is -3.13. The smallest absolute Gasteiger partial charge is 0.394 e. The topological polar surface area (TPSA) is 86.7 Å². The lowest BCUT2D eigenvalue weighted by molar-refractivity contribution is -0.156. The largest absolute Gasteiger partial charge is 0.474 e. The number of amides is 2. The molecule has 0 fully saturated rings. The van der Waals surface area contributed by atoms with Crippen LogP contribution in [0.3, 0.4) is 0 Å². The summed E-state index contributed by atoms with van der Waals surface area (Å²) >= 11 is 7.05. The second kappa shape index (κ2) is 18.7. The van der Waals surface area contributed by atoms with Gasteiger partial charge < -0.3 is 15.3 Å². The zero-order valence-electron chi connectivity index (χ0n) is 25.2. The number of aliphatic carboxylic acids is 1. The summed E-state index contributed by atoms with van der Waals surface area (Å²) in [5.41, 5.74) is 3.44. The highest BCUT2D eigenvalue weighted by atomic mass is 79.9. The van der Waals surface area contributed by atoms with Crippen LogP contribution in [-0.4, -0.2) is 34.3 Å². The van der Waals surface area contributed by atoms with Crippen molar-refractivity contribution < 1.29 is 23.9 Å². The molecule has 236 valence electrons. The Morgan fingerprint density at radius 1 is 0.773 bits per heavy atom. The monoisotopic (exact) mass is 730 g/mol. The van der Waals surface area contributed by atoms with Gasteiger partial charge >= 0.3 is 11.9 Å². The van der Waals surface area contributed by atoms with Crippen LogP contribution in [0.4, 0.5) is 4.39 Å². The summed E-state index contributed by atoms with van der Waals surface area (Å²) < 4.78 is 14.5. The Hall–Kier alpha value is -3.04. The molecule has 3 aromatic carbocycles. The van der Waals surface area contributed by atoms with E-state index in [1.54, 1.807) is 30.3 Å². The number of rotatable bonds is 17.